The minimum Gasteiger partial charge on any atom is -0.495 e. The van der Waals surface area contributed by atoms with Gasteiger partial charge in [-0.25, -0.2) is 0 Å². The standard InChI is InChI=1S/C23H29N3O3/c1-29-21-10-6-5-9-20(21)25-23(28)22(27)24-17-19-12-15-26(16-13-19)14-11-18-7-3-2-4-8-18/h2-10,19H,11-17H2,1H3,(H,24,27)(H,25,28). The van der Waals surface area contributed by atoms with E-state index in [1.807, 2.05) is 6.07 Å². The van der Waals surface area contributed by atoms with Crippen molar-refractivity contribution < 1.29 is 14.3 Å². The van der Waals surface area contributed by atoms with Crippen LogP contribution < -0.4 is 15.4 Å². The van der Waals surface area contributed by atoms with Crippen LogP contribution in [0, 0.1) is 5.92 Å². The second-order valence-corrected chi connectivity index (χ2v) is 7.39. The van der Waals surface area contributed by atoms with Crippen LogP contribution >= 0.6 is 0 Å². The molecule has 0 bridgehead atoms. The van der Waals surface area contributed by atoms with Crippen molar-refractivity contribution in [2.24, 2.45) is 5.92 Å². The molecule has 0 unspecified atom stereocenters. The van der Waals surface area contributed by atoms with Gasteiger partial charge in [0.05, 0.1) is 12.8 Å². The second-order valence-electron chi connectivity index (χ2n) is 7.39. The van der Waals surface area contributed by atoms with E-state index < -0.39 is 11.8 Å². The molecule has 154 valence electrons. The van der Waals surface area contributed by atoms with Gasteiger partial charge in [-0.1, -0.05) is 42.5 Å². The van der Waals surface area contributed by atoms with Crippen molar-refractivity contribution in [2.45, 2.75) is 19.3 Å². The first kappa shape index (κ1) is 20.9. The molecule has 0 aliphatic carbocycles. The number of methoxy groups -OCH3 is 1. The predicted octanol–water partition coefficient (Wildman–Crippen LogP) is 2.70. The number of hydrogen-bond acceptors (Lipinski definition) is 4. The van der Waals surface area contributed by atoms with Crippen molar-refractivity contribution in [3.63, 3.8) is 0 Å². The van der Waals surface area contributed by atoms with E-state index in [0.717, 1.165) is 38.9 Å². The average molecular weight is 396 g/mol. The molecular weight excluding hydrogens is 366 g/mol. The van der Waals surface area contributed by atoms with Crippen LogP contribution in [-0.2, 0) is 16.0 Å². The van der Waals surface area contributed by atoms with Crippen LogP contribution in [0.5, 0.6) is 5.75 Å². The second kappa shape index (κ2) is 10.6. The number of likely N-dealkylation sites (tertiary alicyclic amines) is 1. The molecule has 3 rings (SSSR count). The number of carbonyl (C=O) groups is 2. The van der Waals surface area contributed by atoms with Crippen LogP contribution in [0.15, 0.2) is 54.6 Å². The van der Waals surface area contributed by atoms with E-state index in [-0.39, 0.29) is 0 Å². The Hall–Kier alpha value is -2.86. The zero-order valence-electron chi connectivity index (χ0n) is 16.9. The van der Waals surface area contributed by atoms with E-state index in [1.165, 1.54) is 12.7 Å². The van der Waals surface area contributed by atoms with E-state index in [2.05, 4.69) is 39.8 Å². The summed E-state index contributed by atoms with van der Waals surface area (Å²) in [6.07, 6.45) is 3.12. The van der Waals surface area contributed by atoms with E-state index in [4.69, 9.17) is 4.74 Å². The van der Waals surface area contributed by atoms with Crippen molar-refractivity contribution in [2.75, 3.05) is 38.6 Å². The minimum atomic E-state index is -0.671. The summed E-state index contributed by atoms with van der Waals surface area (Å²) in [5.41, 5.74) is 1.85. The zero-order chi connectivity index (χ0) is 20.5. The topological polar surface area (TPSA) is 70.7 Å². The molecule has 2 aromatic rings. The van der Waals surface area contributed by atoms with Crippen LogP contribution in [0.2, 0.25) is 0 Å². The van der Waals surface area contributed by atoms with Crippen LogP contribution in [-0.4, -0.2) is 50.0 Å². The number of amides is 2. The smallest absolute Gasteiger partial charge is 0.313 e. The Bertz CT molecular complexity index is 802. The lowest BCUT2D eigenvalue weighted by Crippen LogP contribution is -2.42. The normalized spacial score (nSPS) is 14.9. The van der Waals surface area contributed by atoms with Gasteiger partial charge in [0.25, 0.3) is 0 Å². The quantitative estimate of drug-likeness (QED) is 0.707. The van der Waals surface area contributed by atoms with Crippen molar-refractivity contribution in [3.8, 4) is 5.75 Å². The molecular formula is C23H29N3O3. The molecule has 0 spiro atoms. The molecule has 6 heteroatoms. The molecule has 2 aromatic carbocycles. The Morgan fingerprint density at radius 1 is 1.00 bits per heavy atom. The molecule has 0 aromatic heterocycles. The molecule has 6 nitrogen and oxygen atoms in total. The van der Waals surface area contributed by atoms with Gasteiger partial charge >= 0.3 is 11.8 Å². The number of nitrogens with zero attached hydrogens (tertiary/aromatic N) is 1. The van der Waals surface area contributed by atoms with Crippen LogP contribution in [0.1, 0.15) is 18.4 Å². The van der Waals surface area contributed by atoms with E-state index in [1.54, 1.807) is 24.3 Å². The summed E-state index contributed by atoms with van der Waals surface area (Å²) in [6, 6.07) is 17.6. The summed E-state index contributed by atoms with van der Waals surface area (Å²) < 4.78 is 5.19. The fourth-order valence-electron chi connectivity index (χ4n) is 3.59. The van der Waals surface area contributed by atoms with E-state index >= 15 is 0 Å². The zero-order valence-corrected chi connectivity index (χ0v) is 16.9. The van der Waals surface area contributed by atoms with Crippen molar-refractivity contribution in [1.82, 2.24) is 10.2 Å². The van der Waals surface area contributed by atoms with Gasteiger partial charge < -0.3 is 20.3 Å². The minimum absolute atomic E-state index is 0.408. The van der Waals surface area contributed by atoms with Crippen LogP contribution in [0.25, 0.3) is 0 Å². The highest BCUT2D eigenvalue weighted by Crippen LogP contribution is 2.22. The number of piperidine rings is 1. The maximum Gasteiger partial charge on any atom is 0.313 e. The molecule has 1 aliphatic rings. The van der Waals surface area contributed by atoms with Crippen molar-refractivity contribution >= 4 is 17.5 Å². The fourth-order valence-corrected chi connectivity index (χ4v) is 3.59. The largest absolute Gasteiger partial charge is 0.495 e. The molecule has 2 amide bonds. The maximum atomic E-state index is 12.1. The third-order valence-electron chi connectivity index (χ3n) is 5.38. The first-order chi connectivity index (χ1) is 14.2. The Kier molecular flexibility index (Phi) is 7.64. The lowest BCUT2D eigenvalue weighted by Gasteiger charge is -2.32. The monoisotopic (exact) mass is 395 g/mol. The van der Waals surface area contributed by atoms with Gasteiger partial charge in [0.15, 0.2) is 0 Å². The van der Waals surface area contributed by atoms with Crippen molar-refractivity contribution in [3.05, 3.63) is 60.2 Å². The average Bonchev–Trinajstić information content (AvgIpc) is 2.77. The molecule has 0 radical (unpaired) electrons. The lowest BCUT2D eigenvalue weighted by molar-refractivity contribution is -0.136. The van der Waals surface area contributed by atoms with Gasteiger partial charge in [0.2, 0.25) is 0 Å². The summed E-state index contributed by atoms with van der Waals surface area (Å²) >= 11 is 0. The number of carbonyl (C=O) groups excluding carboxylic acids is 2. The lowest BCUT2D eigenvalue weighted by atomic mass is 9.96. The van der Waals surface area contributed by atoms with Gasteiger partial charge in [-0.15, -0.1) is 0 Å². The highest BCUT2D eigenvalue weighted by Gasteiger charge is 2.21. The van der Waals surface area contributed by atoms with Gasteiger partial charge in [-0.2, -0.15) is 0 Å². The Morgan fingerprint density at radius 3 is 2.41 bits per heavy atom. The van der Waals surface area contributed by atoms with Gasteiger partial charge in [0.1, 0.15) is 5.75 Å². The predicted molar refractivity (Wildman–Crippen MR) is 114 cm³/mol. The van der Waals surface area contributed by atoms with Gasteiger partial charge in [-0.05, 0) is 56.0 Å². The van der Waals surface area contributed by atoms with Gasteiger partial charge in [-0.3, -0.25) is 9.59 Å². The molecule has 0 atom stereocenters. The Balaban J connectivity index is 1.36. The number of anilines is 1. The number of benzene rings is 2. The number of rotatable bonds is 7. The highest BCUT2D eigenvalue weighted by atomic mass is 16.5. The molecule has 2 N–H and O–H groups in total. The summed E-state index contributed by atoms with van der Waals surface area (Å²) in [7, 11) is 1.53. The molecule has 29 heavy (non-hydrogen) atoms. The maximum absolute atomic E-state index is 12.1. The molecule has 1 aliphatic heterocycles. The summed E-state index contributed by atoms with van der Waals surface area (Å²) in [6.45, 7) is 3.65. The van der Waals surface area contributed by atoms with E-state index in [9.17, 15) is 9.59 Å². The third-order valence-corrected chi connectivity index (χ3v) is 5.38. The summed E-state index contributed by atoms with van der Waals surface area (Å²) in [5.74, 6) is -0.347. The molecule has 1 heterocycles. The summed E-state index contributed by atoms with van der Waals surface area (Å²) in [4.78, 5) is 26.7. The fraction of sp³-hybridized carbons (Fsp3) is 0.391. The van der Waals surface area contributed by atoms with Crippen molar-refractivity contribution in [1.29, 1.82) is 0 Å². The van der Waals surface area contributed by atoms with Crippen LogP contribution in [0.3, 0.4) is 0 Å². The van der Waals surface area contributed by atoms with Crippen LogP contribution in [0.4, 0.5) is 5.69 Å². The Morgan fingerprint density at radius 2 is 1.69 bits per heavy atom. The molecule has 1 saturated heterocycles. The number of para-hydroxylation sites is 2. The first-order valence-electron chi connectivity index (χ1n) is 10.1. The number of ether oxygens (including phenoxy) is 1. The Labute approximate surface area is 172 Å². The summed E-state index contributed by atoms with van der Waals surface area (Å²) in [5, 5.41) is 5.38. The first-order valence-corrected chi connectivity index (χ1v) is 10.1. The SMILES string of the molecule is COc1ccccc1NC(=O)C(=O)NCC1CCN(CCc2ccccc2)CC1. The number of hydrogen-bond donors (Lipinski definition) is 2. The highest BCUT2D eigenvalue weighted by molar-refractivity contribution is 6.39. The van der Waals surface area contributed by atoms with E-state index in [0.29, 0.717) is 23.9 Å². The van der Waals surface area contributed by atoms with Gasteiger partial charge in [0, 0.05) is 13.1 Å². The number of nitrogens with one attached hydrogen (secondary N) is 2. The molecule has 0 saturated carbocycles. The third kappa shape index (κ3) is 6.32. The molecule has 1 fully saturated rings.